The van der Waals surface area contributed by atoms with Gasteiger partial charge in [0.2, 0.25) is 10.0 Å². The summed E-state index contributed by atoms with van der Waals surface area (Å²) >= 11 is 0. The standard InChI is InChI=1S/C12H18N4O3S/c1-2-9-20(18,19)16-7-5-15(6-8-16)12(17)11-10-13-3-4-14-11/h3-4,10H,2,5-9H2,1H3. The summed E-state index contributed by atoms with van der Waals surface area (Å²) in [6.07, 6.45) is 4.99. The average molecular weight is 298 g/mol. The molecule has 1 fully saturated rings. The Balaban J connectivity index is 1.97. The van der Waals surface area contributed by atoms with Crippen molar-refractivity contribution in [1.82, 2.24) is 19.2 Å². The van der Waals surface area contributed by atoms with E-state index in [9.17, 15) is 13.2 Å². The molecule has 0 saturated carbocycles. The second-order valence-electron chi connectivity index (χ2n) is 4.60. The first kappa shape index (κ1) is 14.9. The maximum absolute atomic E-state index is 12.1. The van der Waals surface area contributed by atoms with Crippen LogP contribution in [0.2, 0.25) is 0 Å². The zero-order chi connectivity index (χ0) is 14.6. The van der Waals surface area contributed by atoms with Gasteiger partial charge in [0.25, 0.3) is 5.91 Å². The number of piperazine rings is 1. The molecule has 110 valence electrons. The van der Waals surface area contributed by atoms with Crippen molar-refractivity contribution in [1.29, 1.82) is 0 Å². The third-order valence-corrected chi connectivity index (χ3v) is 5.24. The molecular formula is C12H18N4O3S. The van der Waals surface area contributed by atoms with E-state index in [1.165, 1.54) is 22.9 Å². The fraction of sp³-hybridized carbons (Fsp3) is 0.583. The number of sulfonamides is 1. The molecule has 1 saturated heterocycles. The van der Waals surface area contributed by atoms with Crippen LogP contribution < -0.4 is 0 Å². The first-order chi connectivity index (χ1) is 9.54. The number of carbonyl (C=O) groups excluding carboxylic acids is 1. The number of nitrogens with zero attached hydrogens (tertiary/aromatic N) is 4. The molecule has 0 aromatic carbocycles. The zero-order valence-electron chi connectivity index (χ0n) is 11.4. The molecule has 1 aromatic heterocycles. The quantitative estimate of drug-likeness (QED) is 0.779. The summed E-state index contributed by atoms with van der Waals surface area (Å²) in [6.45, 7) is 3.30. The van der Waals surface area contributed by atoms with E-state index in [1.54, 1.807) is 4.90 Å². The van der Waals surface area contributed by atoms with Crippen molar-refractivity contribution in [2.45, 2.75) is 13.3 Å². The van der Waals surface area contributed by atoms with E-state index in [2.05, 4.69) is 9.97 Å². The van der Waals surface area contributed by atoms with Crippen LogP contribution in [0.1, 0.15) is 23.8 Å². The predicted octanol–water partition coefficient (Wildman–Crippen LogP) is -0.0258. The van der Waals surface area contributed by atoms with E-state index in [-0.39, 0.29) is 17.4 Å². The lowest BCUT2D eigenvalue weighted by Crippen LogP contribution is -2.51. The predicted molar refractivity (Wildman–Crippen MR) is 73.6 cm³/mol. The van der Waals surface area contributed by atoms with Crippen molar-refractivity contribution in [3.8, 4) is 0 Å². The first-order valence-corrected chi connectivity index (χ1v) is 8.18. The summed E-state index contributed by atoms with van der Waals surface area (Å²) < 4.78 is 25.3. The van der Waals surface area contributed by atoms with Crippen LogP contribution in [0.5, 0.6) is 0 Å². The fourth-order valence-corrected chi connectivity index (χ4v) is 3.62. The Bertz CT molecular complexity index is 553. The molecule has 0 bridgehead atoms. The molecule has 1 aliphatic rings. The molecule has 1 amide bonds. The van der Waals surface area contributed by atoms with E-state index in [4.69, 9.17) is 0 Å². The van der Waals surface area contributed by atoms with Gasteiger partial charge in [0.05, 0.1) is 11.9 Å². The number of aromatic nitrogens is 2. The van der Waals surface area contributed by atoms with Crippen molar-refractivity contribution < 1.29 is 13.2 Å². The van der Waals surface area contributed by atoms with Gasteiger partial charge in [-0.3, -0.25) is 9.78 Å². The number of hydrogen-bond acceptors (Lipinski definition) is 5. The molecule has 0 aliphatic carbocycles. The second-order valence-corrected chi connectivity index (χ2v) is 6.69. The lowest BCUT2D eigenvalue weighted by Gasteiger charge is -2.33. The zero-order valence-corrected chi connectivity index (χ0v) is 12.2. The molecule has 1 aliphatic heterocycles. The molecule has 20 heavy (non-hydrogen) atoms. The van der Waals surface area contributed by atoms with Gasteiger partial charge < -0.3 is 4.90 Å². The minimum atomic E-state index is -3.18. The Morgan fingerprint density at radius 2 is 1.95 bits per heavy atom. The Labute approximate surface area is 118 Å². The van der Waals surface area contributed by atoms with Gasteiger partial charge in [-0.1, -0.05) is 6.92 Å². The molecule has 0 spiro atoms. The summed E-state index contributed by atoms with van der Waals surface area (Å²) in [5, 5.41) is 0. The molecule has 0 radical (unpaired) electrons. The third kappa shape index (κ3) is 3.31. The SMILES string of the molecule is CCCS(=O)(=O)N1CCN(C(=O)c2cnccn2)CC1. The highest BCUT2D eigenvalue weighted by Crippen LogP contribution is 2.11. The van der Waals surface area contributed by atoms with E-state index in [1.807, 2.05) is 6.92 Å². The van der Waals surface area contributed by atoms with Crippen LogP contribution in [0.3, 0.4) is 0 Å². The van der Waals surface area contributed by atoms with Crippen LogP contribution >= 0.6 is 0 Å². The second kappa shape index (κ2) is 6.27. The molecule has 2 heterocycles. The van der Waals surface area contributed by atoms with E-state index in [0.29, 0.717) is 32.6 Å². The Morgan fingerprint density at radius 3 is 2.50 bits per heavy atom. The van der Waals surface area contributed by atoms with Gasteiger partial charge in [0, 0.05) is 38.6 Å². The Morgan fingerprint density at radius 1 is 1.25 bits per heavy atom. The molecule has 8 heteroatoms. The smallest absolute Gasteiger partial charge is 0.274 e. The van der Waals surface area contributed by atoms with Crippen molar-refractivity contribution in [3.63, 3.8) is 0 Å². The summed E-state index contributed by atoms with van der Waals surface area (Å²) in [7, 11) is -3.18. The molecule has 0 unspecified atom stereocenters. The van der Waals surface area contributed by atoms with Crippen LogP contribution in [0.25, 0.3) is 0 Å². The van der Waals surface area contributed by atoms with Gasteiger partial charge in [0.15, 0.2) is 0 Å². The topological polar surface area (TPSA) is 83.5 Å². The number of rotatable bonds is 4. The van der Waals surface area contributed by atoms with Crippen LogP contribution in [-0.4, -0.2) is 65.4 Å². The molecular weight excluding hydrogens is 280 g/mol. The molecule has 0 atom stereocenters. The highest BCUT2D eigenvalue weighted by atomic mass is 32.2. The summed E-state index contributed by atoms with van der Waals surface area (Å²) in [6, 6.07) is 0. The number of hydrogen-bond donors (Lipinski definition) is 0. The van der Waals surface area contributed by atoms with Crippen LogP contribution in [0, 0.1) is 0 Å². The molecule has 1 aromatic rings. The van der Waals surface area contributed by atoms with Gasteiger partial charge in [-0.15, -0.1) is 0 Å². The van der Waals surface area contributed by atoms with Gasteiger partial charge in [0.1, 0.15) is 5.69 Å². The molecule has 0 N–H and O–H groups in total. The monoisotopic (exact) mass is 298 g/mol. The van der Waals surface area contributed by atoms with Crippen molar-refractivity contribution in [3.05, 3.63) is 24.3 Å². The number of carbonyl (C=O) groups is 1. The maximum atomic E-state index is 12.1. The average Bonchev–Trinajstić information content (AvgIpc) is 2.47. The van der Waals surface area contributed by atoms with E-state index >= 15 is 0 Å². The highest BCUT2D eigenvalue weighted by molar-refractivity contribution is 7.89. The van der Waals surface area contributed by atoms with Crippen LogP contribution in [-0.2, 0) is 10.0 Å². The summed E-state index contributed by atoms with van der Waals surface area (Å²) in [5.74, 6) is -0.0453. The maximum Gasteiger partial charge on any atom is 0.274 e. The lowest BCUT2D eigenvalue weighted by molar-refractivity contribution is 0.0691. The van der Waals surface area contributed by atoms with E-state index < -0.39 is 10.0 Å². The van der Waals surface area contributed by atoms with Crippen molar-refractivity contribution in [2.24, 2.45) is 0 Å². The minimum absolute atomic E-state index is 0.158. The lowest BCUT2D eigenvalue weighted by atomic mass is 10.3. The third-order valence-electron chi connectivity index (χ3n) is 3.16. The van der Waals surface area contributed by atoms with Crippen LogP contribution in [0.4, 0.5) is 0 Å². The van der Waals surface area contributed by atoms with Crippen LogP contribution in [0.15, 0.2) is 18.6 Å². The summed E-state index contributed by atoms with van der Waals surface area (Å²) in [4.78, 5) is 21.6. The van der Waals surface area contributed by atoms with Gasteiger partial charge in [-0.05, 0) is 6.42 Å². The van der Waals surface area contributed by atoms with E-state index in [0.717, 1.165) is 0 Å². The fourth-order valence-electron chi connectivity index (χ4n) is 2.13. The number of amides is 1. The van der Waals surface area contributed by atoms with Gasteiger partial charge >= 0.3 is 0 Å². The Hall–Kier alpha value is -1.54. The molecule has 2 rings (SSSR count). The highest BCUT2D eigenvalue weighted by Gasteiger charge is 2.28. The summed E-state index contributed by atoms with van der Waals surface area (Å²) in [5.41, 5.74) is 0.289. The largest absolute Gasteiger partial charge is 0.335 e. The van der Waals surface area contributed by atoms with Gasteiger partial charge in [-0.2, -0.15) is 4.31 Å². The van der Waals surface area contributed by atoms with Crippen molar-refractivity contribution in [2.75, 3.05) is 31.9 Å². The first-order valence-electron chi connectivity index (χ1n) is 6.57. The minimum Gasteiger partial charge on any atom is -0.335 e. The normalized spacial score (nSPS) is 17.1. The Kier molecular flexibility index (Phi) is 4.66. The molecule has 7 nitrogen and oxygen atoms in total. The van der Waals surface area contributed by atoms with Gasteiger partial charge in [-0.25, -0.2) is 13.4 Å². The van der Waals surface area contributed by atoms with Crippen molar-refractivity contribution >= 4 is 15.9 Å².